The quantitative estimate of drug-likeness (QED) is 0.521. The monoisotopic (exact) mass is 395 g/mol. The van der Waals surface area contributed by atoms with E-state index in [-0.39, 0.29) is 23.8 Å². The molecule has 1 amide bonds. The van der Waals surface area contributed by atoms with E-state index in [9.17, 15) is 9.18 Å². The van der Waals surface area contributed by atoms with E-state index >= 15 is 0 Å². The lowest BCUT2D eigenvalue weighted by molar-refractivity contribution is 0.102. The van der Waals surface area contributed by atoms with Crippen LogP contribution in [0.4, 0.5) is 15.8 Å². The first kappa shape index (κ1) is 19.4. The zero-order valence-electron chi connectivity index (χ0n) is 16.5. The predicted octanol–water partition coefficient (Wildman–Crippen LogP) is 4.20. The van der Waals surface area contributed by atoms with Crippen LogP contribution in [-0.4, -0.2) is 28.0 Å². The standard InChI is InChI=1S/C22H26FN5O/c1-2-15-11-18-20(26-16-9-5-14(24)6-10-16)19(12-25-21(18)27-15)22(29)28-17-7-3-13(23)4-8-17/h3-4,7-8,11-12,14,16H,2,5-6,9-10,24H2,1H3,(H,28,29)(H2,25,26,27). The molecule has 6 nitrogen and oxygen atoms in total. The van der Waals surface area contributed by atoms with Crippen LogP contribution < -0.4 is 16.4 Å². The third-order valence-electron chi connectivity index (χ3n) is 5.56. The maximum atomic E-state index is 13.2. The number of hydrogen-bond acceptors (Lipinski definition) is 4. The molecule has 0 radical (unpaired) electrons. The normalized spacial score (nSPS) is 19.3. The molecule has 0 spiro atoms. The minimum absolute atomic E-state index is 0.255. The van der Waals surface area contributed by atoms with Gasteiger partial charge in [0.1, 0.15) is 11.5 Å². The van der Waals surface area contributed by atoms with E-state index in [4.69, 9.17) is 5.73 Å². The average molecular weight is 395 g/mol. The highest BCUT2D eigenvalue weighted by molar-refractivity contribution is 6.12. The van der Waals surface area contributed by atoms with Gasteiger partial charge in [0.05, 0.1) is 11.3 Å². The average Bonchev–Trinajstić information content (AvgIpc) is 3.15. The number of rotatable bonds is 5. The van der Waals surface area contributed by atoms with Crippen molar-refractivity contribution < 1.29 is 9.18 Å². The Hall–Kier alpha value is -2.93. The van der Waals surface area contributed by atoms with Crippen molar-refractivity contribution >= 4 is 28.3 Å². The van der Waals surface area contributed by atoms with Crippen LogP contribution in [-0.2, 0) is 6.42 Å². The number of aryl methyl sites for hydroxylation is 1. The number of nitrogens with two attached hydrogens (primary N) is 1. The van der Waals surface area contributed by atoms with Crippen LogP contribution in [0.2, 0.25) is 0 Å². The summed E-state index contributed by atoms with van der Waals surface area (Å²) in [5, 5.41) is 7.34. The van der Waals surface area contributed by atoms with Crippen molar-refractivity contribution in [3.8, 4) is 0 Å². The van der Waals surface area contributed by atoms with Gasteiger partial charge >= 0.3 is 0 Å². The molecule has 29 heavy (non-hydrogen) atoms. The number of H-pyrrole nitrogens is 1. The van der Waals surface area contributed by atoms with Gasteiger partial charge in [0.15, 0.2) is 0 Å². The van der Waals surface area contributed by atoms with Crippen LogP contribution in [0.5, 0.6) is 0 Å². The van der Waals surface area contributed by atoms with Crippen LogP contribution in [0, 0.1) is 5.82 Å². The van der Waals surface area contributed by atoms with Gasteiger partial charge in [0.2, 0.25) is 0 Å². The van der Waals surface area contributed by atoms with E-state index in [1.807, 2.05) is 6.07 Å². The van der Waals surface area contributed by atoms with Crippen LogP contribution in [0.25, 0.3) is 11.0 Å². The second-order valence-electron chi connectivity index (χ2n) is 7.67. The van der Waals surface area contributed by atoms with Gasteiger partial charge in [0.25, 0.3) is 5.91 Å². The fourth-order valence-electron chi connectivity index (χ4n) is 3.85. The molecule has 2 aromatic heterocycles. The Labute approximate surface area is 169 Å². The molecule has 1 aliphatic rings. The summed E-state index contributed by atoms with van der Waals surface area (Å²) in [6, 6.07) is 8.29. The van der Waals surface area contributed by atoms with Crippen molar-refractivity contribution in [1.29, 1.82) is 0 Å². The second kappa shape index (κ2) is 8.21. The zero-order valence-corrected chi connectivity index (χ0v) is 16.5. The molecule has 7 heteroatoms. The Morgan fingerprint density at radius 1 is 1.24 bits per heavy atom. The summed E-state index contributed by atoms with van der Waals surface area (Å²) in [7, 11) is 0. The summed E-state index contributed by atoms with van der Waals surface area (Å²) < 4.78 is 13.2. The fourth-order valence-corrected chi connectivity index (χ4v) is 3.85. The topological polar surface area (TPSA) is 95.8 Å². The van der Waals surface area contributed by atoms with E-state index in [1.54, 1.807) is 18.3 Å². The number of halogens is 1. The number of nitrogens with one attached hydrogen (secondary N) is 3. The number of pyridine rings is 1. The van der Waals surface area contributed by atoms with Gasteiger partial charge < -0.3 is 21.4 Å². The van der Waals surface area contributed by atoms with Crippen LogP contribution >= 0.6 is 0 Å². The molecule has 5 N–H and O–H groups in total. The summed E-state index contributed by atoms with van der Waals surface area (Å²) in [4.78, 5) is 20.8. The molecule has 3 aromatic rings. The highest BCUT2D eigenvalue weighted by Crippen LogP contribution is 2.31. The molecule has 2 heterocycles. The Balaban J connectivity index is 1.67. The molecule has 0 bridgehead atoms. The predicted molar refractivity (Wildman–Crippen MR) is 114 cm³/mol. The Bertz CT molecular complexity index is 1010. The highest BCUT2D eigenvalue weighted by atomic mass is 19.1. The Morgan fingerprint density at radius 2 is 1.97 bits per heavy atom. The minimum atomic E-state index is -0.344. The molecule has 1 fully saturated rings. The number of aromatic amines is 1. The molecular weight excluding hydrogens is 369 g/mol. The van der Waals surface area contributed by atoms with Gasteiger partial charge in [-0.15, -0.1) is 0 Å². The summed E-state index contributed by atoms with van der Waals surface area (Å²) >= 11 is 0. The van der Waals surface area contributed by atoms with Crippen molar-refractivity contribution in [2.24, 2.45) is 5.73 Å². The first-order chi connectivity index (χ1) is 14.0. The fraction of sp³-hybridized carbons (Fsp3) is 0.364. The number of benzene rings is 1. The molecule has 0 unspecified atom stereocenters. The highest BCUT2D eigenvalue weighted by Gasteiger charge is 2.23. The number of aromatic nitrogens is 2. The molecular formula is C22H26FN5O. The molecule has 152 valence electrons. The van der Waals surface area contributed by atoms with E-state index in [0.29, 0.717) is 11.3 Å². The van der Waals surface area contributed by atoms with Gasteiger partial charge in [-0.05, 0) is 62.4 Å². The van der Waals surface area contributed by atoms with E-state index in [1.165, 1.54) is 12.1 Å². The number of fused-ring (bicyclic) bond motifs is 1. The number of hydrogen-bond donors (Lipinski definition) is 4. The van der Waals surface area contributed by atoms with Crippen molar-refractivity contribution in [2.75, 3.05) is 10.6 Å². The number of carbonyl (C=O) groups excluding carboxylic acids is 1. The lowest BCUT2D eigenvalue weighted by Crippen LogP contribution is -2.33. The third-order valence-corrected chi connectivity index (χ3v) is 5.56. The summed E-state index contributed by atoms with van der Waals surface area (Å²) in [6.45, 7) is 2.07. The van der Waals surface area contributed by atoms with Gasteiger partial charge in [-0.3, -0.25) is 4.79 Å². The summed E-state index contributed by atoms with van der Waals surface area (Å²) in [5.74, 6) is -0.622. The Kier molecular flexibility index (Phi) is 5.49. The molecule has 1 aliphatic carbocycles. The molecule has 1 aromatic carbocycles. The number of amides is 1. The van der Waals surface area contributed by atoms with Crippen LogP contribution in [0.3, 0.4) is 0 Å². The summed E-state index contributed by atoms with van der Waals surface area (Å²) in [5.41, 5.74) is 9.66. The minimum Gasteiger partial charge on any atom is -0.381 e. The zero-order chi connectivity index (χ0) is 20.4. The SMILES string of the molecule is CCc1cc2c(NC3CCC(N)CC3)c(C(=O)Nc3ccc(F)cc3)cnc2[nH]1. The van der Waals surface area contributed by atoms with Crippen LogP contribution in [0.15, 0.2) is 36.5 Å². The lowest BCUT2D eigenvalue weighted by Gasteiger charge is -2.28. The molecule has 0 saturated heterocycles. The maximum Gasteiger partial charge on any atom is 0.259 e. The van der Waals surface area contributed by atoms with E-state index in [0.717, 1.165) is 54.5 Å². The number of anilines is 2. The van der Waals surface area contributed by atoms with Gasteiger partial charge in [-0.25, -0.2) is 9.37 Å². The van der Waals surface area contributed by atoms with Crippen molar-refractivity contribution in [3.63, 3.8) is 0 Å². The van der Waals surface area contributed by atoms with Gasteiger partial charge in [-0.1, -0.05) is 6.92 Å². The lowest BCUT2D eigenvalue weighted by atomic mass is 9.91. The van der Waals surface area contributed by atoms with Crippen LogP contribution in [0.1, 0.15) is 48.7 Å². The largest absolute Gasteiger partial charge is 0.381 e. The van der Waals surface area contributed by atoms with Crippen molar-refractivity contribution in [1.82, 2.24) is 9.97 Å². The molecule has 1 saturated carbocycles. The van der Waals surface area contributed by atoms with E-state index < -0.39 is 0 Å². The maximum absolute atomic E-state index is 13.2. The smallest absolute Gasteiger partial charge is 0.259 e. The second-order valence-corrected chi connectivity index (χ2v) is 7.67. The molecule has 0 aliphatic heterocycles. The third kappa shape index (κ3) is 4.24. The first-order valence-electron chi connectivity index (χ1n) is 10.1. The van der Waals surface area contributed by atoms with E-state index in [2.05, 4.69) is 27.5 Å². The van der Waals surface area contributed by atoms with Crippen molar-refractivity contribution in [2.45, 2.75) is 51.1 Å². The van der Waals surface area contributed by atoms with Crippen molar-refractivity contribution in [3.05, 3.63) is 53.6 Å². The molecule has 0 atom stereocenters. The Morgan fingerprint density at radius 3 is 2.66 bits per heavy atom. The molecule has 4 rings (SSSR count). The number of nitrogens with zero attached hydrogens (tertiary/aromatic N) is 1. The number of carbonyl (C=O) groups is 1. The first-order valence-corrected chi connectivity index (χ1v) is 10.1. The van der Waals surface area contributed by atoms with Gasteiger partial charge in [-0.2, -0.15) is 0 Å². The summed E-state index contributed by atoms with van der Waals surface area (Å²) in [6.07, 6.45) is 6.32. The van der Waals surface area contributed by atoms with Gasteiger partial charge in [0, 0.05) is 35.0 Å².